The normalized spacial score (nSPS) is 11.2. The van der Waals surface area contributed by atoms with Crippen LogP contribution in [0, 0.1) is 13.8 Å². The van der Waals surface area contributed by atoms with Gasteiger partial charge in [-0.1, -0.05) is 24.3 Å². The van der Waals surface area contributed by atoms with Crippen LogP contribution in [0.1, 0.15) is 21.5 Å². The average molecular weight is 463 g/mol. The summed E-state index contributed by atoms with van der Waals surface area (Å²) in [5.74, 6) is -0.278. The number of ether oxygens (including phenoxy) is 1. The molecule has 2 N–H and O–H groups in total. The summed E-state index contributed by atoms with van der Waals surface area (Å²) in [5, 5.41) is 2.75. The molecule has 1 amide bonds. The van der Waals surface area contributed by atoms with Crippen molar-refractivity contribution in [3.8, 4) is 5.75 Å². The fraction of sp³-hybridized carbons (Fsp3) is 0.125. The van der Waals surface area contributed by atoms with E-state index in [2.05, 4.69) is 20.0 Å². The Kier molecular flexibility index (Phi) is 5.97. The minimum Gasteiger partial charge on any atom is -0.495 e. The molecule has 9 heteroatoms. The van der Waals surface area contributed by atoms with Crippen molar-refractivity contribution in [2.24, 2.45) is 0 Å². The highest BCUT2D eigenvalue weighted by atomic mass is 32.2. The van der Waals surface area contributed by atoms with Gasteiger partial charge in [0, 0.05) is 18.1 Å². The number of hydrogen-bond donors (Lipinski definition) is 2. The summed E-state index contributed by atoms with van der Waals surface area (Å²) >= 11 is 0. The number of aromatic nitrogens is 2. The quantitative estimate of drug-likeness (QED) is 0.442. The van der Waals surface area contributed by atoms with E-state index in [0.717, 1.165) is 11.1 Å². The second-order valence-corrected chi connectivity index (χ2v) is 9.07. The summed E-state index contributed by atoms with van der Waals surface area (Å²) in [6.07, 6.45) is 3.06. The number of nitrogens with zero attached hydrogens (tertiary/aromatic N) is 2. The fourth-order valence-electron chi connectivity index (χ4n) is 3.50. The van der Waals surface area contributed by atoms with Crippen molar-refractivity contribution in [3.05, 3.63) is 83.7 Å². The number of carbonyl (C=O) groups excluding carboxylic acids is 1. The van der Waals surface area contributed by atoms with E-state index in [9.17, 15) is 13.2 Å². The number of carbonyl (C=O) groups is 1. The van der Waals surface area contributed by atoms with Crippen LogP contribution in [-0.4, -0.2) is 31.4 Å². The van der Waals surface area contributed by atoms with Crippen LogP contribution in [0.25, 0.3) is 11.0 Å². The fourth-order valence-corrected chi connectivity index (χ4v) is 4.90. The zero-order valence-corrected chi connectivity index (χ0v) is 19.1. The van der Waals surface area contributed by atoms with Crippen LogP contribution in [0.2, 0.25) is 0 Å². The monoisotopic (exact) mass is 462 g/mol. The Morgan fingerprint density at radius 2 is 1.64 bits per heavy atom. The van der Waals surface area contributed by atoms with Gasteiger partial charge >= 0.3 is 0 Å². The molecule has 8 nitrogen and oxygen atoms in total. The first kappa shape index (κ1) is 22.2. The van der Waals surface area contributed by atoms with E-state index in [1.54, 1.807) is 30.5 Å². The molecule has 4 aromatic rings. The largest absolute Gasteiger partial charge is 0.495 e. The lowest BCUT2D eigenvalue weighted by molar-refractivity contribution is 0.102. The molecule has 0 bridgehead atoms. The van der Waals surface area contributed by atoms with Gasteiger partial charge in [0.1, 0.15) is 16.2 Å². The maximum Gasteiger partial charge on any atom is 0.265 e. The molecule has 0 unspecified atom stereocenters. The molecule has 0 spiro atoms. The lowest BCUT2D eigenvalue weighted by atomic mass is 10.1. The number of hydrogen-bond acceptors (Lipinski definition) is 6. The van der Waals surface area contributed by atoms with Gasteiger partial charge in [0.25, 0.3) is 15.9 Å². The number of amides is 1. The van der Waals surface area contributed by atoms with Gasteiger partial charge in [-0.15, -0.1) is 0 Å². The smallest absolute Gasteiger partial charge is 0.265 e. The van der Waals surface area contributed by atoms with Crippen molar-refractivity contribution in [1.82, 2.24) is 9.97 Å². The molecular weight excluding hydrogens is 440 g/mol. The molecule has 0 aliphatic carbocycles. The van der Waals surface area contributed by atoms with E-state index in [1.807, 2.05) is 32.0 Å². The maximum atomic E-state index is 13.2. The molecule has 0 radical (unpaired) electrons. The van der Waals surface area contributed by atoms with Crippen molar-refractivity contribution in [1.29, 1.82) is 0 Å². The van der Waals surface area contributed by atoms with Crippen molar-refractivity contribution >= 4 is 38.3 Å². The van der Waals surface area contributed by atoms with Crippen molar-refractivity contribution in [3.63, 3.8) is 0 Å². The van der Waals surface area contributed by atoms with E-state index in [4.69, 9.17) is 4.74 Å². The van der Waals surface area contributed by atoms with Crippen LogP contribution in [0.4, 0.5) is 11.4 Å². The van der Waals surface area contributed by atoms with Gasteiger partial charge in [0.2, 0.25) is 0 Å². The van der Waals surface area contributed by atoms with Gasteiger partial charge in [0.15, 0.2) is 0 Å². The van der Waals surface area contributed by atoms with Crippen molar-refractivity contribution in [2.75, 3.05) is 17.1 Å². The molecular formula is C24H22N4O4S. The van der Waals surface area contributed by atoms with Crippen LogP contribution in [-0.2, 0) is 10.0 Å². The van der Waals surface area contributed by atoms with E-state index >= 15 is 0 Å². The first-order valence-electron chi connectivity index (χ1n) is 10.1. The number of rotatable bonds is 6. The third-order valence-corrected chi connectivity index (χ3v) is 6.54. The number of sulfonamides is 1. The molecule has 3 aromatic carbocycles. The Hall–Kier alpha value is -3.98. The van der Waals surface area contributed by atoms with E-state index in [1.165, 1.54) is 25.4 Å². The van der Waals surface area contributed by atoms with Gasteiger partial charge < -0.3 is 10.1 Å². The number of fused-ring (bicyclic) bond motifs is 1. The highest BCUT2D eigenvalue weighted by molar-refractivity contribution is 7.92. The van der Waals surface area contributed by atoms with Crippen molar-refractivity contribution < 1.29 is 17.9 Å². The summed E-state index contributed by atoms with van der Waals surface area (Å²) in [4.78, 5) is 21.3. The Labute approximate surface area is 191 Å². The molecule has 1 heterocycles. The predicted octanol–water partition coefficient (Wildman–Crippen LogP) is 4.31. The van der Waals surface area contributed by atoms with Gasteiger partial charge in [-0.05, 0) is 55.3 Å². The molecule has 168 valence electrons. The molecule has 4 rings (SSSR count). The van der Waals surface area contributed by atoms with Crippen LogP contribution >= 0.6 is 0 Å². The van der Waals surface area contributed by atoms with Crippen molar-refractivity contribution in [2.45, 2.75) is 18.7 Å². The summed E-state index contributed by atoms with van der Waals surface area (Å²) in [5.41, 5.74) is 3.75. The van der Waals surface area contributed by atoms with Gasteiger partial charge in [0.05, 0.1) is 23.9 Å². The van der Waals surface area contributed by atoms with E-state index in [0.29, 0.717) is 28.0 Å². The number of nitrogens with one attached hydrogen (secondary N) is 2. The third-order valence-electron chi connectivity index (χ3n) is 5.17. The van der Waals surface area contributed by atoms with Gasteiger partial charge in [-0.25, -0.2) is 8.42 Å². The van der Waals surface area contributed by atoms with Gasteiger partial charge in [-0.3, -0.25) is 19.5 Å². The minimum atomic E-state index is -4.01. The van der Waals surface area contributed by atoms with Crippen LogP contribution < -0.4 is 14.8 Å². The number of benzene rings is 3. The van der Waals surface area contributed by atoms with Crippen LogP contribution in [0.15, 0.2) is 71.9 Å². The lowest BCUT2D eigenvalue weighted by Crippen LogP contribution is -2.17. The Bertz CT molecular complexity index is 1440. The topological polar surface area (TPSA) is 110 Å². The summed E-state index contributed by atoms with van der Waals surface area (Å²) in [7, 11) is -2.62. The first-order valence-corrected chi connectivity index (χ1v) is 11.6. The Morgan fingerprint density at radius 3 is 2.36 bits per heavy atom. The molecule has 0 saturated heterocycles. The molecule has 0 aliphatic rings. The van der Waals surface area contributed by atoms with Crippen LogP contribution in [0.5, 0.6) is 5.75 Å². The standard InChI is InChI=1S/C24H22N4O4S/c1-15-6-4-7-16(2)22(15)28-33(30,31)21-14-17(10-11-20(21)32-3)27-24(29)18-8-5-9-19-23(18)26-13-12-25-19/h4-14,28H,1-3H3,(H,27,29). The Morgan fingerprint density at radius 1 is 0.939 bits per heavy atom. The zero-order chi connectivity index (χ0) is 23.6. The zero-order valence-electron chi connectivity index (χ0n) is 18.3. The highest BCUT2D eigenvalue weighted by Gasteiger charge is 2.23. The number of methoxy groups -OCH3 is 1. The molecule has 0 atom stereocenters. The summed E-state index contributed by atoms with van der Waals surface area (Å²) in [6, 6.07) is 15.1. The maximum absolute atomic E-state index is 13.2. The third kappa shape index (κ3) is 4.49. The molecule has 0 saturated carbocycles. The van der Waals surface area contributed by atoms with E-state index < -0.39 is 15.9 Å². The number of aryl methyl sites for hydroxylation is 2. The first-order chi connectivity index (χ1) is 15.8. The molecule has 1 aromatic heterocycles. The molecule has 0 fully saturated rings. The molecule has 33 heavy (non-hydrogen) atoms. The Balaban J connectivity index is 1.69. The van der Waals surface area contributed by atoms with Gasteiger partial charge in [-0.2, -0.15) is 0 Å². The van der Waals surface area contributed by atoms with E-state index in [-0.39, 0.29) is 10.6 Å². The minimum absolute atomic E-state index is 0.0943. The second kappa shape index (κ2) is 8.87. The predicted molar refractivity (Wildman–Crippen MR) is 127 cm³/mol. The number of para-hydroxylation sites is 2. The second-order valence-electron chi connectivity index (χ2n) is 7.42. The summed E-state index contributed by atoms with van der Waals surface area (Å²) in [6.45, 7) is 3.65. The highest BCUT2D eigenvalue weighted by Crippen LogP contribution is 2.31. The number of anilines is 2. The summed E-state index contributed by atoms with van der Waals surface area (Å²) < 4.78 is 34.4. The average Bonchev–Trinajstić information content (AvgIpc) is 2.81. The molecule has 0 aliphatic heterocycles. The SMILES string of the molecule is COc1ccc(NC(=O)c2cccc3nccnc23)cc1S(=O)(=O)Nc1c(C)cccc1C. The lowest BCUT2D eigenvalue weighted by Gasteiger charge is -2.16. The van der Waals surface area contributed by atoms with Crippen LogP contribution in [0.3, 0.4) is 0 Å².